The van der Waals surface area contributed by atoms with Crippen molar-refractivity contribution in [3.63, 3.8) is 0 Å². The molecule has 1 aromatic heterocycles. The third-order valence-electron chi connectivity index (χ3n) is 2.52. The summed E-state index contributed by atoms with van der Waals surface area (Å²) >= 11 is 0. The summed E-state index contributed by atoms with van der Waals surface area (Å²) in [6.07, 6.45) is 0.994. The van der Waals surface area contributed by atoms with Gasteiger partial charge >= 0.3 is 6.08 Å². The Bertz CT molecular complexity index is 717. The summed E-state index contributed by atoms with van der Waals surface area (Å²) in [7, 11) is -3.54. The molecule has 0 saturated carbocycles. The number of hydrogen-bond acceptors (Lipinski definition) is 5. The molecule has 0 fully saturated rings. The summed E-state index contributed by atoms with van der Waals surface area (Å²) < 4.78 is 36.3. The molecule has 0 aliphatic heterocycles. The van der Waals surface area contributed by atoms with Crippen LogP contribution in [0.3, 0.4) is 0 Å². The zero-order chi connectivity index (χ0) is 14.0. The van der Waals surface area contributed by atoms with Crippen LogP contribution in [0.1, 0.15) is 5.56 Å². The lowest BCUT2D eigenvalue weighted by molar-refractivity contribution is 0.535. The third-order valence-corrected chi connectivity index (χ3v) is 3.62. The van der Waals surface area contributed by atoms with Crippen molar-refractivity contribution < 1.29 is 12.8 Å². The number of anilines is 2. The number of rotatable bonds is 3. The summed E-state index contributed by atoms with van der Waals surface area (Å²) in [5, 5.41) is 2.82. The predicted molar refractivity (Wildman–Crippen MR) is 69.6 cm³/mol. The second-order valence-electron chi connectivity index (χ2n) is 4.06. The maximum Gasteiger partial charge on any atom is 0.310 e. The molecule has 0 amide bonds. The van der Waals surface area contributed by atoms with E-state index in [0.29, 0.717) is 5.69 Å². The number of para-hydroxylation sites is 1. The normalized spacial score (nSPS) is 11.3. The Kier molecular flexibility index (Phi) is 3.48. The van der Waals surface area contributed by atoms with Gasteiger partial charge in [-0.05, 0) is 18.6 Å². The Labute approximate surface area is 110 Å². The molecular weight excluding hydrogens is 269 g/mol. The van der Waals surface area contributed by atoms with Crippen molar-refractivity contribution in [2.24, 2.45) is 0 Å². The predicted octanol–water partition coefficient (Wildman–Crippen LogP) is 2.07. The van der Waals surface area contributed by atoms with E-state index in [2.05, 4.69) is 15.3 Å². The van der Waals surface area contributed by atoms with Crippen LogP contribution in [0.15, 0.2) is 35.4 Å². The molecule has 1 heterocycles. The van der Waals surface area contributed by atoms with E-state index in [1.54, 1.807) is 12.1 Å². The molecule has 0 unspecified atom stereocenters. The van der Waals surface area contributed by atoms with Crippen molar-refractivity contribution in [3.05, 3.63) is 42.1 Å². The molecule has 0 saturated heterocycles. The van der Waals surface area contributed by atoms with Gasteiger partial charge in [0.15, 0.2) is 15.7 Å². The Morgan fingerprint density at radius 3 is 2.58 bits per heavy atom. The molecular formula is C12H12FN3O2S. The zero-order valence-electron chi connectivity index (χ0n) is 10.4. The average molecular weight is 281 g/mol. The van der Waals surface area contributed by atoms with Gasteiger partial charge in [0.1, 0.15) is 4.90 Å². The topological polar surface area (TPSA) is 72.0 Å². The Balaban J connectivity index is 2.51. The van der Waals surface area contributed by atoms with Gasteiger partial charge < -0.3 is 5.32 Å². The molecule has 0 bridgehead atoms. The molecule has 0 aliphatic carbocycles. The number of halogens is 1. The fourth-order valence-electron chi connectivity index (χ4n) is 1.55. The van der Waals surface area contributed by atoms with E-state index in [0.717, 1.165) is 18.0 Å². The molecule has 1 aromatic carbocycles. The van der Waals surface area contributed by atoms with Gasteiger partial charge in [-0.1, -0.05) is 18.2 Å². The number of nitrogens with zero attached hydrogens (tertiary/aromatic N) is 2. The first kappa shape index (κ1) is 13.4. The van der Waals surface area contributed by atoms with Crippen LogP contribution in [0.25, 0.3) is 0 Å². The number of aromatic nitrogens is 2. The molecule has 0 spiro atoms. The standard InChI is InChI=1S/C12H12FN3O2S/c1-8-5-3-4-6-9(8)15-11-10(19(2,17)18)7-14-12(13)16-11/h3-7H,1-2H3,(H,14,15,16). The summed E-state index contributed by atoms with van der Waals surface area (Å²) in [5.74, 6) is -0.0655. The van der Waals surface area contributed by atoms with Crippen LogP contribution in [0.5, 0.6) is 0 Å². The lowest BCUT2D eigenvalue weighted by Crippen LogP contribution is -2.08. The highest BCUT2D eigenvalue weighted by Gasteiger charge is 2.17. The first-order chi connectivity index (χ1) is 8.88. The van der Waals surface area contributed by atoms with Crippen LogP contribution < -0.4 is 5.32 Å². The lowest BCUT2D eigenvalue weighted by Gasteiger charge is -2.11. The van der Waals surface area contributed by atoms with Gasteiger partial charge in [0.25, 0.3) is 0 Å². The van der Waals surface area contributed by atoms with E-state index in [-0.39, 0.29) is 10.7 Å². The number of aryl methyl sites for hydroxylation is 1. The van der Waals surface area contributed by atoms with Gasteiger partial charge in [0.2, 0.25) is 0 Å². The van der Waals surface area contributed by atoms with Gasteiger partial charge in [0.05, 0.1) is 6.20 Å². The van der Waals surface area contributed by atoms with Crippen molar-refractivity contribution in [2.75, 3.05) is 11.6 Å². The maximum absolute atomic E-state index is 13.1. The highest BCUT2D eigenvalue weighted by atomic mass is 32.2. The molecule has 2 rings (SSSR count). The van der Waals surface area contributed by atoms with E-state index in [1.165, 1.54) is 0 Å². The zero-order valence-corrected chi connectivity index (χ0v) is 11.2. The van der Waals surface area contributed by atoms with E-state index < -0.39 is 15.9 Å². The highest BCUT2D eigenvalue weighted by molar-refractivity contribution is 7.90. The van der Waals surface area contributed by atoms with Crippen molar-refractivity contribution in [1.82, 2.24) is 9.97 Å². The minimum absolute atomic E-state index is 0.0655. The smallest absolute Gasteiger partial charge is 0.310 e. The molecule has 0 aliphatic rings. The quantitative estimate of drug-likeness (QED) is 0.872. The van der Waals surface area contributed by atoms with Crippen LogP contribution in [-0.2, 0) is 9.84 Å². The van der Waals surface area contributed by atoms with Gasteiger partial charge in [-0.25, -0.2) is 13.4 Å². The van der Waals surface area contributed by atoms with Gasteiger partial charge in [-0.3, -0.25) is 0 Å². The largest absolute Gasteiger partial charge is 0.339 e. The first-order valence-corrected chi connectivity index (χ1v) is 7.32. The Hall–Kier alpha value is -2.02. The van der Waals surface area contributed by atoms with Crippen LogP contribution in [-0.4, -0.2) is 24.6 Å². The van der Waals surface area contributed by atoms with E-state index in [9.17, 15) is 12.8 Å². The molecule has 100 valence electrons. The number of nitrogens with one attached hydrogen (secondary N) is 1. The minimum Gasteiger partial charge on any atom is -0.339 e. The van der Waals surface area contributed by atoms with Crippen molar-refractivity contribution in [2.45, 2.75) is 11.8 Å². The molecule has 1 N–H and O–H groups in total. The highest BCUT2D eigenvalue weighted by Crippen LogP contribution is 2.24. The fourth-order valence-corrected chi connectivity index (χ4v) is 2.24. The van der Waals surface area contributed by atoms with Gasteiger partial charge in [-0.15, -0.1) is 0 Å². The monoisotopic (exact) mass is 281 g/mol. The minimum atomic E-state index is -3.54. The van der Waals surface area contributed by atoms with Crippen LogP contribution in [0.4, 0.5) is 15.9 Å². The van der Waals surface area contributed by atoms with Crippen molar-refractivity contribution >= 4 is 21.3 Å². The summed E-state index contributed by atoms with van der Waals surface area (Å²) in [6, 6.07) is 7.23. The van der Waals surface area contributed by atoms with Crippen LogP contribution >= 0.6 is 0 Å². The first-order valence-electron chi connectivity index (χ1n) is 5.43. The molecule has 0 radical (unpaired) electrons. The average Bonchev–Trinajstić information content (AvgIpc) is 2.30. The molecule has 5 nitrogen and oxygen atoms in total. The van der Waals surface area contributed by atoms with E-state index in [1.807, 2.05) is 19.1 Å². The Morgan fingerprint density at radius 1 is 1.26 bits per heavy atom. The SMILES string of the molecule is Cc1ccccc1Nc1nc(F)ncc1S(C)(=O)=O. The van der Waals surface area contributed by atoms with Crippen LogP contribution in [0.2, 0.25) is 0 Å². The Morgan fingerprint density at radius 2 is 1.95 bits per heavy atom. The molecule has 7 heteroatoms. The summed E-state index contributed by atoms with van der Waals surface area (Å²) in [6.45, 7) is 1.85. The van der Waals surface area contributed by atoms with E-state index >= 15 is 0 Å². The number of sulfone groups is 1. The second-order valence-corrected chi connectivity index (χ2v) is 6.05. The molecule has 0 atom stereocenters. The van der Waals surface area contributed by atoms with Crippen molar-refractivity contribution in [1.29, 1.82) is 0 Å². The third kappa shape index (κ3) is 3.05. The summed E-state index contributed by atoms with van der Waals surface area (Å²) in [5.41, 5.74) is 1.55. The summed E-state index contributed by atoms with van der Waals surface area (Å²) in [4.78, 5) is 6.64. The number of benzene rings is 1. The lowest BCUT2D eigenvalue weighted by atomic mass is 10.2. The second kappa shape index (κ2) is 4.93. The van der Waals surface area contributed by atoms with Gasteiger partial charge in [-0.2, -0.15) is 9.37 Å². The molecule has 2 aromatic rings. The van der Waals surface area contributed by atoms with Gasteiger partial charge in [0, 0.05) is 11.9 Å². The van der Waals surface area contributed by atoms with Crippen LogP contribution in [0, 0.1) is 13.0 Å². The number of hydrogen-bond donors (Lipinski definition) is 1. The maximum atomic E-state index is 13.1. The fraction of sp³-hybridized carbons (Fsp3) is 0.167. The van der Waals surface area contributed by atoms with Crippen molar-refractivity contribution in [3.8, 4) is 0 Å². The molecule has 19 heavy (non-hydrogen) atoms. The van der Waals surface area contributed by atoms with E-state index in [4.69, 9.17) is 0 Å².